The fourth-order valence-corrected chi connectivity index (χ4v) is 3.20. The van der Waals surface area contributed by atoms with Crippen LogP contribution in [0.15, 0.2) is 41.9 Å². The molecule has 0 spiro atoms. The van der Waals surface area contributed by atoms with Crippen molar-refractivity contribution in [3.63, 3.8) is 0 Å². The normalized spacial score (nSPS) is 15.2. The molecule has 29 heavy (non-hydrogen) atoms. The number of nitrogens with zero attached hydrogens (tertiary/aromatic N) is 5. The summed E-state index contributed by atoms with van der Waals surface area (Å²) >= 11 is 0. The van der Waals surface area contributed by atoms with E-state index in [1.807, 2.05) is 38.1 Å². The number of ether oxygens (including phenoxy) is 1. The molecule has 9 heteroatoms. The van der Waals surface area contributed by atoms with Crippen molar-refractivity contribution >= 4 is 12.1 Å². The van der Waals surface area contributed by atoms with Crippen LogP contribution in [0.4, 0.5) is 4.79 Å². The maximum atomic E-state index is 11.8. The van der Waals surface area contributed by atoms with E-state index in [2.05, 4.69) is 20.7 Å². The van der Waals surface area contributed by atoms with Crippen LogP contribution in [0.25, 0.3) is 5.69 Å². The molecule has 0 unspecified atom stereocenters. The lowest BCUT2D eigenvalue weighted by Crippen LogP contribution is -2.49. The van der Waals surface area contributed by atoms with Crippen molar-refractivity contribution in [2.75, 3.05) is 26.2 Å². The highest BCUT2D eigenvalue weighted by molar-refractivity contribution is 5.80. The van der Waals surface area contributed by atoms with E-state index in [0.29, 0.717) is 26.2 Å². The van der Waals surface area contributed by atoms with Gasteiger partial charge in [-0.3, -0.25) is 0 Å². The third-order valence-electron chi connectivity index (χ3n) is 4.75. The minimum atomic E-state index is -0.221. The Morgan fingerprint density at radius 1 is 1.24 bits per heavy atom. The molecule has 0 atom stereocenters. The predicted octanol–water partition coefficient (Wildman–Crippen LogP) is 1.94. The molecule has 0 bridgehead atoms. The summed E-state index contributed by atoms with van der Waals surface area (Å²) in [5, 5.41) is 10.9. The SMILES string of the molecule is CCNC(=NCc1ccc(-n2cncn2)cc1)NC1CCN(C(=O)OCC)CC1. The highest BCUT2D eigenvalue weighted by Crippen LogP contribution is 2.12. The van der Waals surface area contributed by atoms with Gasteiger partial charge < -0.3 is 20.3 Å². The number of hydrogen-bond donors (Lipinski definition) is 2. The van der Waals surface area contributed by atoms with E-state index in [1.54, 1.807) is 15.9 Å². The zero-order valence-corrected chi connectivity index (χ0v) is 17.0. The molecule has 1 aliphatic rings. The third-order valence-corrected chi connectivity index (χ3v) is 4.75. The summed E-state index contributed by atoms with van der Waals surface area (Å²) < 4.78 is 6.80. The molecule has 3 rings (SSSR count). The molecule has 2 N–H and O–H groups in total. The van der Waals surface area contributed by atoms with Crippen molar-refractivity contribution in [1.29, 1.82) is 0 Å². The maximum absolute atomic E-state index is 11.8. The van der Waals surface area contributed by atoms with Gasteiger partial charge >= 0.3 is 6.09 Å². The summed E-state index contributed by atoms with van der Waals surface area (Å²) in [5.41, 5.74) is 2.08. The van der Waals surface area contributed by atoms with E-state index in [4.69, 9.17) is 9.73 Å². The number of amides is 1. The Balaban J connectivity index is 1.53. The highest BCUT2D eigenvalue weighted by atomic mass is 16.6. The Hall–Kier alpha value is -3.10. The Kier molecular flexibility index (Phi) is 7.43. The van der Waals surface area contributed by atoms with E-state index >= 15 is 0 Å². The van der Waals surface area contributed by atoms with Crippen molar-refractivity contribution < 1.29 is 9.53 Å². The van der Waals surface area contributed by atoms with Crippen molar-refractivity contribution in [3.8, 4) is 5.69 Å². The van der Waals surface area contributed by atoms with Crippen molar-refractivity contribution in [1.82, 2.24) is 30.3 Å². The number of benzene rings is 1. The second-order valence-electron chi connectivity index (χ2n) is 6.81. The van der Waals surface area contributed by atoms with Crippen molar-refractivity contribution in [2.24, 2.45) is 4.99 Å². The molecule has 1 saturated heterocycles. The van der Waals surface area contributed by atoms with Gasteiger partial charge in [-0.1, -0.05) is 12.1 Å². The zero-order chi connectivity index (χ0) is 20.5. The molecule has 1 amide bonds. The summed E-state index contributed by atoms with van der Waals surface area (Å²) in [6, 6.07) is 8.38. The number of carbonyl (C=O) groups excluding carboxylic acids is 1. The minimum Gasteiger partial charge on any atom is -0.450 e. The van der Waals surface area contributed by atoms with Crippen LogP contribution in [-0.4, -0.2) is 64.0 Å². The first-order valence-electron chi connectivity index (χ1n) is 10.1. The number of hydrogen-bond acceptors (Lipinski definition) is 5. The Labute approximate surface area is 171 Å². The topological polar surface area (TPSA) is 96.7 Å². The molecule has 0 aliphatic carbocycles. The van der Waals surface area contributed by atoms with Gasteiger partial charge in [0.05, 0.1) is 18.8 Å². The zero-order valence-electron chi connectivity index (χ0n) is 17.0. The third kappa shape index (κ3) is 5.94. The maximum Gasteiger partial charge on any atom is 0.409 e. The van der Waals surface area contributed by atoms with Crippen LogP contribution in [0.3, 0.4) is 0 Å². The number of aliphatic imine (C=N–C) groups is 1. The van der Waals surface area contributed by atoms with Crippen LogP contribution in [0.2, 0.25) is 0 Å². The number of likely N-dealkylation sites (tertiary alicyclic amines) is 1. The van der Waals surface area contributed by atoms with E-state index in [-0.39, 0.29) is 12.1 Å². The van der Waals surface area contributed by atoms with E-state index in [9.17, 15) is 4.79 Å². The van der Waals surface area contributed by atoms with E-state index in [0.717, 1.165) is 36.6 Å². The number of piperidine rings is 1. The summed E-state index contributed by atoms with van der Waals surface area (Å²) in [5.74, 6) is 0.794. The molecule has 1 aromatic carbocycles. The number of carbonyl (C=O) groups is 1. The Bertz CT molecular complexity index is 782. The summed E-state index contributed by atoms with van der Waals surface area (Å²) in [4.78, 5) is 22.3. The fourth-order valence-electron chi connectivity index (χ4n) is 3.20. The lowest BCUT2D eigenvalue weighted by molar-refractivity contribution is 0.0963. The first-order chi connectivity index (χ1) is 14.2. The quantitative estimate of drug-likeness (QED) is 0.569. The molecule has 2 aromatic rings. The lowest BCUT2D eigenvalue weighted by Gasteiger charge is -2.32. The molecule has 1 aromatic heterocycles. The molecular weight excluding hydrogens is 370 g/mol. The number of nitrogens with one attached hydrogen (secondary N) is 2. The monoisotopic (exact) mass is 399 g/mol. The second-order valence-corrected chi connectivity index (χ2v) is 6.81. The highest BCUT2D eigenvalue weighted by Gasteiger charge is 2.24. The first kappa shape index (κ1) is 20.6. The second kappa shape index (κ2) is 10.4. The van der Waals surface area contributed by atoms with Gasteiger partial charge in [0, 0.05) is 25.7 Å². The van der Waals surface area contributed by atoms with Crippen LogP contribution in [-0.2, 0) is 11.3 Å². The Morgan fingerprint density at radius 3 is 2.62 bits per heavy atom. The van der Waals surface area contributed by atoms with Crippen LogP contribution in [0, 0.1) is 0 Å². The molecule has 1 fully saturated rings. The molecule has 9 nitrogen and oxygen atoms in total. The number of guanidine groups is 1. The van der Waals surface area contributed by atoms with Crippen LogP contribution < -0.4 is 10.6 Å². The van der Waals surface area contributed by atoms with Gasteiger partial charge in [0.25, 0.3) is 0 Å². The first-order valence-corrected chi connectivity index (χ1v) is 10.1. The predicted molar refractivity (Wildman–Crippen MR) is 111 cm³/mol. The van der Waals surface area contributed by atoms with Crippen LogP contribution in [0.1, 0.15) is 32.3 Å². The van der Waals surface area contributed by atoms with Crippen LogP contribution in [0.5, 0.6) is 0 Å². The minimum absolute atomic E-state index is 0.221. The van der Waals surface area contributed by atoms with Gasteiger partial charge in [-0.25, -0.2) is 19.5 Å². The number of aromatic nitrogens is 3. The summed E-state index contributed by atoms with van der Waals surface area (Å²) in [7, 11) is 0. The molecular formula is C20H29N7O2. The average molecular weight is 399 g/mol. The standard InChI is InChI=1S/C20H29N7O2/c1-3-22-19(25-17-9-11-26(12-10-17)20(28)29-4-2)23-13-16-5-7-18(8-6-16)27-15-21-14-24-27/h5-8,14-15,17H,3-4,9-13H2,1-2H3,(H2,22,23,25). The fraction of sp³-hybridized carbons (Fsp3) is 0.500. The lowest BCUT2D eigenvalue weighted by atomic mass is 10.1. The van der Waals surface area contributed by atoms with Gasteiger partial charge in [0.15, 0.2) is 5.96 Å². The van der Waals surface area contributed by atoms with Gasteiger partial charge in [-0.2, -0.15) is 5.10 Å². The van der Waals surface area contributed by atoms with Gasteiger partial charge in [0.1, 0.15) is 12.7 Å². The number of rotatable bonds is 6. The van der Waals surface area contributed by atoms with Crippen molar-refractivity contribution in [2.45, 2.75) is 39.3 Å². The molecule has 0 radical (unpaired) electrons. The van der Waals surface area contributed by atoms with E-state index < -0.39 is 0 Å². The Morgan fingerprint density at radius 2 is 2.00 bits per heavy atom. The largest absolute Gasteiger partial charge is 0.450 e. The molecule has 0 saturated carbocycles. The summed E-state index contributed by atoms with van der Waals surface area (Å²) in [6.45, 7) is 7.04. The molecule has 1 aliphatic heterocycles. The van der Waals surface area contributed by atoms with Gasteiger partial charge in [-0.15, -0.1) is 0 Å². The smallest absolute Gasteiger partial charge is 0.409 e. The summed E-state index contributed by atoms with van der Waals surface area (Å²) in [6.07, 6.45) is 4.71. The molecule has 2 heterocycles. The van der Waals surface area contributed by atoms with Gasteiger partial charge in [0.2, 0.25) is 0 Å². The van der Waals surface area contributed by atoms with Gasteiger partial charge in [-0.05, 0) is 44.4 Å². The van der Waals surface area contributed by atoms with E-state index in [1.165, 1.54) is 6.33 Å². The average Bonchev–Trinajstić information content (AvgIpc) is 3.28. The van der Waals surface area contributed by atoms with Crippen LogP contribution >= 0.6 is 0 Å². The molecule has 156 valence electrons. The van der Waals surface area contributed by atoms with Crippen molar-refractivity contribution in [3.05, 3.63) is 42.5 Å².